The molecule has 0 aliphatic carbocycles. The number of aryl methyl sites for hydroxylation is 1. The molecule has 1 aliphatic heterocycles. The highest BCUT2D eigenvalue weighted by molar-refractivity contribution is 6.23. The first-order chi connectivity index (χ1) is 10.8. The molecule has 1 aliphatic rings. The van der Waals surface area contributed by atoms with E-state index in [-0.39, 0.29) is 28.2 Å². The maximum atomic E-state index is 12.3. The molecule has 0 fully saturated rings. The van der Waals surface area contributed by atoms with E-state index in [1.807, 2.05) is 0 Å². The van der Waals surface area contributed by atoms with Gasteiger partial charge in [-0.1, -0.05) is 6.07 Å². The van der Waals surface area contributed by atoms with Gasteiger partial charge in [-0.25, -0.2) is 4.79 Å². The summed E-state index contributed by atoms with van der Waals surface area (Å²) in [7, 11) is 0. The molecular weight excluding hydrogens is 302 g/mol. The van der Waals surface area contributed by atoms with Crippen molar-refractivity contribution in [1.29, 1.82) is 0 Å². The van der Waals surface area contributed by atoms with E-state index < -0.39 is 23.3 Å². The minimum absolute atomic E-state index is 0.0370. The number of carbonyl (C=O) groups is 3. The van der Waals surface area contributed by atoms with Gasteiger partial charge < -0.3 is 10.8 Å². The van der Waals surface area contributed by atoms with E-state index in [0.717, 1.165) is 10.6 Å². The van der Waals surface area contributed by atoms with Crippen LogP contribution in [0.1, 0.15) is 36.6 Å². The number of carbonyl (C=O) groups excluding carboxylic acids is 2. The Hall–Kier alpha value is -3.42. The Morgan fingerprint density at radius 1 is 1.17 bits per heavy atom. The number of hydrogen-bond donors (Lipinski definition) is 3. The number of carboxylic acid groups (broad SMARTS) is 1. The monoisotopic (exact) mass is 313 g/mol. The van der Waals surface area contributed by atoms with Gasteiger partial charge in [-0.3, -0.25) is 24.3 Å². The molecule has 116 valence electrons. The van der Waals surface area contributed by atoms with E-state index in [2.05, 4.69) is 5.32 Å². The second-order valence-corrected chi connectivity index (χ2v) is 5.10. The molecule has 2 amide bonds. The average molecular weight is 313 g/mol. The summed E-state index contributed by atoms with van der Waals surface area (Å²) in [5, 5.41) is 11.3. The molecule has 1 aromatic heterocycles. The Labute approximate surface area is 129 Å². The predicted molar refractivity (Wildman–Crippen MR) is 79.9 cm³/mol. The van der Waals surface area contributed by atoms with Crippen LogP contribution in [-0.2, 0) is 0 Å². The minimum atomic E-state index is -1.24. The van der Waals surface area contributed by atoms with Crippen molar-refractivity contribution in [2.24, 2.45) is 0 Å². The van der Waals surface area contributed by atoms with Crippen molar-refractivity contribution >= 4 is 23.6 Å². The molecule has 8 heteroatoms. The quantitative estimate of drug-likeness (QED) is 0.684. The second-order valence-electron chi connectivity index (χ2n) is 5.10. The van der Waals surface area contributed by atoms with Crippen molar-refractivity contribution in [2.45, 2.75) is 6.92 Å². The van der Waals surface area contributed by atoms with Crippen molar-refractivity contribution in [1.82, 2.24) is 9.88 Å². The highest BCUT2D eigenvalue weighted by Crippen LogP contribution is 2.25. The summed E-state index contributed by atoms with van der Waals surface area (Å²) in [4.78, 5) is 47.2. The fourth-order valence-electron chi connectivity index (χ4n) is 2.54. The third-order valence-corrected chi connectivity index (χ3v) is 3.58. The van der Waals surface area contributed by atoms with Crippen molar-refractivity contribution < 1.29 is 19.5 Å². The van der Waals surface area contributed by atoms with Crippen LogP contribution in [-0.4, -0.2) is 27.5 Å². The van der Waals surface area contributed by atoms with Crippen LogP contribution < -0.4 is 16.6 Å². The number of aromatic nitrogens is 1. The Bertz CT molecular complexity index is 958. The lowest BCUT2D eigenvalue weighted by Crippen LogP contribution is -2.25. The number of nitrogen functional groups attached to an aromatic ring is 1. The topological polar surface area (TPSA) is 131 Å². The fourth-order valence-corrected chi connectivity index (χ4v) is 2.54. The first-order valence-electron chi connectivity index (χ1n) is 6.56. The summed E-state index contributed by atoms with van der Waals surface area (Å²) < 4.78 is 0.924. The molecular formula is C15H11N3O5. The van der Waals surface area contributed by atoms with E-state index >= 15 is 0 Å². The van der Waals surface area contributed by atoms with Crippen LogP contribution >= 0.6 is 0 Å². The molecule has 0 saturated heterocycles. The molecule has 0 radical (unpaired) electrons. The first-order valence-corrected chi connectivity index (χ1v) is 6.56. The smallest absolute Gasteiger partial charge is 0.337 e. The fraction of sp³-hybridized carbons (Fsp3) is 0.0667. The molecule has 2 aromatic rings. The van der Waals surface area contributed by atoms with E-state index in [1.54, 1.807) is 13.0 Å². The van der Waals surface area contributed by atoms with Crippen LogP contribution in [0.4, 0.5) is 5.82 Å². The molecule has 0 bridgehead atoms. The van der Waals surface area contributed by atoms with Gasteiger partial charge >= 0.3 is 5.97 Å². The van der Waals surface area contributed by atoms with Crippen LogP contribution in [0, 0.1) is 6.92 Å². The van der Waals surface area contributed by atoms with Gasteiger partial charge in [0, 0.05) is 6.07 Å². The molecule has 23 heavy (non-hydrogen) atoms. The van der Waals surface area contributed by atoms with Gasteiger partial charge in [0.25, 0.3) is 17.4 Å². The molecule has 4 N–H and O–H groups in total. The number of nitrogens with two attached hydrogens (primary N) is 1. The molecule has 0 atom stereocenters. The lowest BCUT2D eigenvalue weighted by atomic mass is 10.1. The van der Waals surface area contributed by atoms with E-state index in [1.165, 1.54) is 12.1 Å². The maximum absolute atomic E-state index is 12.3. The average Bonchev–Trinajstić information content (AvgIpc) is 2.73. The lowest BCUT2D eigenvalue weighted by molar-refractivity contribution is 0.0696. The van der Waals surface area contributed by atoms with E-state index in [0.29, 0.717) is 5.56 Å². The van der Waals surface area contributed by atoms with Crippen LogP contribution in [0.25, 0.3) is 5.69 Å². The Morgan fingerprint density at radius 3 is 2.52 bits per heavy atom. The van der Waals surface area contributed by atoms with Crippen LogP contribution in [0.2, 0.25) is 0 Å². The van der Waals surface area contributed by atoms with Crippen molar-refractivity contribution in [3.8, 4) is 5.69 Å². The Kier molecular flexibility index (Phi) is 3.03. The number of benzene rings is 1. The number of fused-ring (bicyclic) bond motifs is 1. The number of nitrogens with one attached hydrogen (secondary N) is 1. The SMILES string of the molecule is Cc1ccc(C(=O)O)c(-n2c(N)c3c(cc2=O)C(=O)NC3=O)c1. The molecule has 0 saturated carbocycles. The zero-order chi connectivity index (χ0) is 16.9. The van der Waals surface area contributed by atoms with E-state index in [4.69, 9.17) is 5.73 Å². The molecule has 3 rings (SSSR count). The van der Waals surface area contributed by atoms with Gasteiger partial charge in [0.1, 0.15) is 5.82 Å². The Morgan fingerprint density at radius 2 is 1.87 bits per heavy atom. The van der Waals surface area contributed by atoms with Gasteiger partial charge in [-0.05, 0) is 24.6 Å². The van der Waals surface area contributed by atoms with Crippen LogP contribution in [0.3, 0.4) is 0 Å². The van der Waals surface area contributed by atoms with Crippen LogP contribution in [0.15, 0.2) is 29.1 Å². The molecule has 1 aromatic carbocycles. The summed E-state index contributed by atoms with van der Waals surface area (Å²) >= 11 is 0. The molecule has 0 unspecified atom stereocenters. The van der Waals surface area contributed by atoms with Gasteiger partial charge in [0.05, 0.1) is 22.4 Å². The predicted octanol–water partition coefficient (Wildman–Crippen LogP) is 0.310. The van der Waals surface area contributed by atoms with Crippen LogP contribution in [0.5, 0.6) is 0 Å². The summed E-state index contributed by atoms with van der Waals surface area (Å²) in [6.45, 7) is 1.72. The number of hydrogen-bond acceptors (Lipinski definition) is 5. The molecule has 8 nitrogen and oxygen atoms in total. The maximum Gasteiger partial charge on any atom is 0.337 e. The highest BCUT2D eigenvalue weighted by Gasteiger charge is 2.32. The summed E-state index contributed by atoms with van der Waals surface area (Å²) in [5.74, 6) is -2.94. The summed E-state index contributed by atoms with van der Waals surface area (Å²) in [5.41, 5.74) is 5.55. The third-order valence-electron chi connectivity index (χ3n) is 3.58. The normalized spacial score (nSPS) is 12.9. The number of anilines is 1. The molecule has 0 spiro atoms. The van der Waals surface area contributed by atoms with Gasteiger partial charge in [0.15, 0.2) is 0 Å². The zero-order valence-corrected chi connectivity index (χ0v) is 11.9. The number of pyridine rings is 1. The number of amides is 2. The van der Waals surface area contributed by atoms with Crippen molar-refractivity contribution in [3.05, 3.63) is 56.9 Å². The Balaban J connectivity index is 2.40. The van der Waals surface area contributed by atoms with Crippen molar-refractivity contribution in [2.75, 3.05) is 5.73 Å². The van der Waals surface area contributed by atoms with E-state index in [9.17, 15) is 24.3 Å². The van der Waals surface area contributed by atoms with Gasteiger partial charge in [-0.2, -0.15) is 0 Å². The first kappa shape index (κ1) is 14.5. The van der Waals surface area contributed by atoms with Gasteiger partial charge in [0.2, 0.25) is 0 Å². The lowest BCUT2D eigenvalue weighted by Gasteiger charge is -2.14. The zero-order valence-electron chi connectivity index (χ0n) is 11.9. The summed E-state index contributed by atoms with van der Waals surface area (Å²) in [6.07, 6.45) is 0. The standard InChI is InChI=1S/C15H11N3O5/c1-6-2-3-7(15(22)23)9(4-6)18-10(19)5-8-11(12(18)16)14(21)17-13(8)20/h2-5H,16H2,1H3,(H,22,23)(H,17,20,21). The third kappa shape index (κ3) is 2.08. The largest absolute Gasteiger partial charge is 0.478 e. The summed E-state index contributed by atoms with van der Waals surface area (Å²) in [6, 6.07) is 5.37. The second kappa shape index (κ2) is 4.80. The highest BCUT2D eigenvalue weighted by atomic mass is 16.4. The van der Waals surface area contributed by atoms with Gasteiger partial charge in [-0.15, -0.1) is 0 Å². The number of rotatable bonds is 2. The number of carboxylic acids is 1. The van der Waals surface area contributed by atoms with Crippen molar-refractivity contribution in [3.63, 3.8) is 0 Å². The number of imide groups is 1. The number of aromatic carboxylic acids is 1. The minimum Gasteiger partial charge on any atom is -0.478 e. The number of nitrogens with zero attached hydrogens (tertiary/aromatic N) is 1. The molecule has 2 heterocycles.